The Bertz CT molecular complexity index is 473. The van der Waals surface area contributed by atoms with Crippen LogP contribution in [0.4, 0.5) is 0 Å². The topological polar surface area (TPSA) is 64.3 Å². The molecule has 3 unspecified atom stereocenters. The van der Waals surface area contributed by atoms with Gasteiger partial charge in [-0.3, -0.25) is 10.2 Å². The van der Waals surface area contributed by atoms with Crippen LogP contribution in [0.2, 0.25) is 0 Å². The summed E-state index contributed by atoms with van der Waals surface area (Å²) in [5.74, 6) is 6.96. The van der Waals surface area contributed by atoms with Crippen LogP contribution in [0, 0.1) is 17.8 Å². The average Bonchev–Trinajstić information content (AvgIpc) is 2.92. The highest BCUT2D eigenvalue weighted by molar-refractivity contribution is 7.12. The molecule has 3 atom stereocenters. The number of amides is 1. The Morgan fingerprint density at radius 2 is 2.29 bits per heavy atom. The van der Waals surface area contributed by atoms with E-state index in [0.29, 0.717) is 29.4 Å². The van der Waals surface area contributed by atoms with Gasteiger partial charge in [0.1, 0.15) is 0 Å². The summed E-state index contributed by atoms with van der Waals surface area (Å²) in [7, 11) is 0. The SMILES string of the molecule is CC1CCC(C(C)C)C(OCc2ccsc2C(=O)NN)C1. The maximum absolute atomic E-state index is 11.7. The van der Waals surface area contributed by atoms with Gasteiger partial charge in [0, 0.05) is 5.56 Å². The maximum Gasteiger partial charge on any atom is 0.275 e. The van der Waals surface area contributed by atoms with Gasteiger partial charge in [-0.05, 0) is 42.0 Å². The van der Waals surface area contributed by atoms with Crippen molar-refractivity contribution in [3.63, 3.8) is 0 Å². The Kier molecular flexibility index (Phi) is 5.79. The summed E-state index contributed by atoms with van der Waals surface area (Å²) in [6, 6.07) is 1.95. The molecule has 1 heterocycles. The van der Waals surface area contributed by atoms with Crippen LogP contribution in [0.3, 0.4) is 0 Å². The van der Waals surface area contributed by atoms with Crippen molar-refractivity contribution in [2.24, 2.45) is 23.6 Å². The van der Waals surface area contributed by atoms with Crippen LogP contribution in [0.1, 0.15) is 55.3 Å². The van der Waals surface area contributed by atoms with Crippen LogP contribution in [0.15, 0.2) is 11.4 Å². The van der Waals surface area contributed by atoms with E-state index < -0.39 is 0 Å². The van der Waals surface area contributed by atoms with Crippen molar-refractivity contribution < 1.29 is 9.53 Å². The van der Waals surface area contributed by atoms with Gasteiger partial charge in [0.2, 0.25) is 0 Å². The number of thiophene rings is 1. The lowest BCUT2D eigenvalue weighted by atomic mass is 9.75. The Morgan fingerprint density at radius 3 is 2.95 bits per heavy atom. The third-order valence-electron chi connectivity index (χ3n) is 4.50. The number of ether oxygens (including phenoxy) is 1. The number of hydrogen-bond donors (Lipinski definition) is 2. The molecule has 21 heavy (non-hydrogen) atoms. The van der Waals surface area contributed by atoms with Crippen LogP contribution in [0.25, 0.3) is 0 Å². The van der Waals surface area contributed by atoms with Gasteiger partial charge in [-0.2, -0.15) is 0 Å². The standard InChI is InChI=1S/C16H26N2O2S/c1-10(2)13-5-4-11(3)8-14(13)20-9-12-6-7-21-15(12)16(19)18-17/h6-7,10-11,13-14H,4-5,8-9,17H2,1-3H3,(H,18,19). The minimum Gasteiger partial charge on any atom is -0.373 e. The monoisotopic (exact) mass is 310 g/mol. The number of rotatable bonds is 5. The van der Waals surface area contributed by atoms with Crippen LogP contribution < -0.4 is 11.3 Å². The summed E-state index contributed by atoms with van der Waals surface area (Å²) < 4.78 is 6.19. The molecular weight excluding hydrogens is 284 g/mol. The van der Waals surface area contributed by atoms with Crippen molar-refractivity contribution in [3.8, 4) is 0 Å². The van der Waals surface area contributed by atoms with E-state index in [1.807, 2.05) is 11.4 Å². The highest BCUT2D eigenvalue weighted by atomic mass is 32.1. The number of carbonyl (C=O) groups is 1. The zero-order chi connectivity index (χ0) is 15.4. The first-order valence-corrected chi connectivity index (χ1v) is 8.59. The van der Waals surface area contributed by atoms with E-state index in [1.165, 1.54) is 24.2 Å². The molecule has 1 amide bonds. The highest BCUT2D eigenvalue weighted by Gasteiger charge is 2.31. The average molecular weight is 310 g/mol. The molecule has 1 aliphatic rings. The fourth-order valence-corrected chi connectivity index (χ4v) is 4.03. The second kappa shape index (κ2) is 7.38. The van der Waals surface area contributed by atoms with Crippen molar-refractivity contribution in [3.05, 3.63) is 21.9 Å². The first kappa shape index (κ1) is 16.5. The summed E-state index contributed by atoms with van der Waals surface area (Å²) in [5, 5.41) is 1.91. The van der Waals surface area contributed by atoms with E-state index >= 15 is 0 Å². The van der Waals surface area contributed by atoms with E-state index in [9.17, 15) is 4.79 Å². The molecule has 0 aliphatic heterocycles. The van der Waals surface area contributed by atoms with Crippen molar-refractivity contribution in [2.75, 3.05) is 0 Å². The van der Waals surface area contributed by atoms with E-state index in [4.69, 9.17) is 10.6 Å². The first-order chi connectivity index (χ1) is 10.0. The molecule has 118 valence electrons. The predicted octanol–water partition coefficient (Wildman–Crippen LogP) is 3.33. The summed E-state index contributed by atoms with van der Waals surface area (Å²) in [5.41, 5.74) is 3.13. The van der Waals surface area contributed by atoms with Gasteiger partial charge in [0.05, 0.1) is 17.6 Å². The summed E-state index contributed by atoms with van der Waals surface area (Å²) in [6.07, 6.45) is 3.94. The molecule has 2 rings (SSSR count). The molecule has 0 spiro atoms. The maximum atomic E-state index is 11.7. The number of nitrogens with two attached hydrogens (primary N) is 1. The largest absolute Gasteiger partial charge is 0.373 e. The van der Waals surface area contributed by atoms with Gasteiger partial charge in [-0.25, -0.2) is 5.84 Å². The van der Waals surface area contributed by atoms with Crippen LogP contribution in [-0.2, 0) is 11.3 Å². The van der Waals surface area contributed by atoms with Gasteiger partial charge in [0.25, 0.3) is 5.91 Å². The lowest BCUT2D eigenvalue weighted by Crippen LogP contribution is -2.34. The Labute approximate surface area is 131 Å². The number of nitrogens with one attached hydrogen (secondary N) is 1. The van der Waals surface area contributed by atoms with E-state index in [2.05, 4.69) is 26.2 Å². The second-order valence-corrected chi connectivity index (χ2v) is 7.34. The zero-order valence-corrected chi connectivity index (χ0v) is 13.9. The molecule has 0 saturated heterocycles. The summed E-state index contributed by atoms with van der Waals surface area (Å²) >= 11 is 1.40. The van der Waals surface area contributed by atoms with Crippen molar-refractivity contribution >= 4 is 17.2 Å². The van der Waals surface area contributed by atoms with Gasteiger partial charge >= 0.3 is 0 Å². The molecule has 1 aromatic heterocycles. The van der Waals surface area contributed by atoms with E-state index in [0.717, 1.165) is 17.9 Å². The Balaban J connectivity index is 2.00. The Morgan fingerprint density at radius 1 is 1.52 bits per heavy atom. The summed E-state index contributed by atoms with van der Waals surface area (Å²) in [6.45, 7) is 7.33. The molecule has 1 aliphatic carbocycles. The molecule has 0 bridgehead atoms. The minimum absolute atomic E-state index is 0.235. The summed E-state index contributed by atoms with van der Waals surface area (Å²) in [4.78, 5) is 12.3. The highest BCUT2D eigenvalue weighted by Crippen LogP contribution is 2.36. The quantitative estimate of drug-likeness (QED) is 0.498. The van der Waals surface area contributed by atoms with Crippen molar-refractivity contribution in [1.82, 2.24) is 5.43 Å². The van der Waals surface area contributed by atoms with E-state index in [1.54, 1.807) is 0 Å². The Hall–Kier alpha value is -0.910. The first-order valence-electron chi connectivity index (χ1n) is 7.71. The molecule has 1 saturated carbocycles. The fraction of sp³-hybridized carbons (Fsp3) is 0.688. The third-order valence-corrected chi connectivity index (χ3v) is 5.45. The van der Waals surface area contributed by atoms with Gasteiger partial charge in [-0.1, -0.05) is 27.2 Å². The van der Waals surface area contributed by atoms with Gasteiger partial charge < -0.3 is 4.74 Å². The molecule has 5 heteroatoms. The van der Waals surface area contributed by atoms with E-state index in [-0.39, 0.29) is 5.91 Å². The molecule has 0 radical (unpaired) electrons. The van der Waals surface area contributed by atoms with Gasteiger partial charge in [0.15, 0.2) is 0 Å². The molecule has 1 fully saturated rings. The van der Waals surface area contributed by atoms with Crippen molar-refractivity contribution in [1.29, 1.82) is 0 Å². The predicted molar refractivity (Wildman–Crippen MR) is 85.9 cm³/mol. The van der Waals surface area contributed by atoms with Gasteiger partial charge in [-0.15, -0.1) is 11.3 Å². The molecule has 0 aromatic carbocycles. The third kappa shape index (κ3) is 4.05. The molecule has 4 nitrogen and oxygen atoms in total. The molecule has 1 aromatic rings. The fourth-order valence-electron chi connectivity index (χ4n) is 3.22. The second-order valence-electron chi connectivity index (χ2n) is 6.42. The minimum atomic E-state index is -0.235. The number of carbonyl (C=O) groups excluding carboxylic acids is 1. The number of hydrazine groups is 1. The normalized spacial score (nSPS) is 26.0. The van der Waals surface area contributed by atoms with Crippen LogP contribution in [0.5, 0.6) is 0 Å². The molecular formula is C16H26N2O2S. The lowest BCUT2D eigenvalue weighted by Gasteiger charge is -2.37. The van der Waals surface area contributed by atoms with Crippen LogP contribution in [-0.4, -0.2) is 12.0 Å². The zero-order valence-electron chi connectivity index (χ0n) is 13.1. The van der Waals surface area contributed by atoms with Crippen LogP contribution >= 0.6 is 11.3 Å². The number of hydrogen-bond acceptors (Lipinski definition) is 4. The molecule has 3 N–H and O–H groups in total. The van der Waals surface area contributed by atoms with Crippen molar-refractivity contribution in [2.45, 2.75) is 52.7 Å². The lowest BCUT2D eigenvalue weighted by molar-refractivity contribution is -0.0473. The number of nitrogen functional groups attached to an aromatic ring is 1. The smallest absolute Gasteiger partial charge is 0.275 e.